The van der Waals surface area contributed by atoms with Crippen LogP contribution in [0, 0.1) is 13.8 Å². The number of thioether (sulfide) groups is 1. The Morgan fingerprint density at radius 2 is 2.00 bits per heavy atom. The van der Waals surface area contributed by atoms with E-state index in [0.717, 1.165) is 11.8 Å². The van der Waals surface area contributed by atoms with Crippen LogP contribution in [-0.2, 0) is 4.79 Å². The number of hydrogen-bond acceptors (Lipinski definition) is 5. The number of aromatic carboxylic acids is 1. The van der Waals surface area contributed by atoms with E-state index in [4.69, 9.17) is 10.8 Å². The summed E-state index contributed by atoms with van der Waals surface area (Å²) in [5.41, 5.74) is 5.67. The monoisotopic (exact) mass is 269 g/mol. The maximum absolute atomic E-state index is 11.2. The molecule has 18 heavy (non-hydrogen) atoms. The second-order valence-corrected chi connectivity index (χ2v) is 4.95. The molecule has 1 rings (SSSR count). The second kappa shape index (κ2) is 5.81. The number of primary amides is 1. The van der Waals surface area contributed by atoms with E-state index >= 15 is 0 Å². The van der Waals surface area contributed by atoms with Gasteiger partial charge in [0.1, 0.15) is 16.4 Å². The first-order chi connectivity index (χ1) is 8.36. The number of carbonyl (C=O) groups is 2. The van der Waals surface area contributed by atoms with Gasteiger partial charge in [0, 0.05) is 0 Å². The van der Waals surface area contributed by atoms with Crippen LogP contribution in [0.4, 0.5) is 0 Å². The average Bonchev–Trinajstić information content (AvgIpc) is 2.23. The highest BCUT2D eigenvalue weighted by atomic mass is 32.2. The molecule has 98 valence electrons. The Kier molecular flexibility index (Phi) is 4.66. The lowest BCUT2D eigenvalue weighted by molar-refractivity contribution is -0.117. The third-order valence-corrected chi connectivity index (χ3v) is 3.69. The largest absolute Gasteiger partial charge is 0.478 e. The van der Waals surface area contributed by atoms with E-state index < -0.39 is 17.1 Å². The van der Waals surface area contributed by atoms with Crippen molar-refractivity contribution in [3.63, 3.8) is 0 Å². The summed E-state index contributed by atoms with van der Waals surface area (Å²) in [7, 11) is 0. The van der Waals surface area contributed by atoms with Crippen LogP contribution in [0.1, 0.15) is 35.2 Å². The predicted molar refractivity (Wildman–Crippen MR) is 67.6 cm³/mol. The minimum Gasteiger partial charge on any atom is -0.478 e. The van der Waals surface area contributed by atoms with Gasteiger partial charge in [-0.15, -0.1) is 0 Å². The number of amides is 1. The third kappa shape index (κ3) is 3.19. The number of aryl methyl sites for hydroxylation is 2. The molecule has 0 aliphatic heterocycles. The molecule has 0 fully saturated rings. The summed E-state index contributed by atoms with van der Waals surface area (Å²) in [5, 5.41) is 8.95. The maximum atomic E-state index is 11.2. The summed E-state index contributed by atoms with van der Waals surface area (Å²) in [6, 6.07) is 0. The lowest BCUT2D eigenvalue weighted by atomic mass is 10.2. The van der Waals surface area contributed by atoms with Crippen molar-refractivity contribution in [1.82, 2.24) is 9.97 Å². The normalized spacial score (nSPS) is 12.2. The summed E-state index contributed by atoms with van der Waals surface area (Å²) in [4.78, 5) is 30.5. The molecular weight excluding hydrogens is 254 g/mol. The Morgan fingerprint density at radius 1 is 1.39 bits per heavy atom. The van der Waals surface area contributed by atoms with Gasteiger partial charge in [-0.05, 0) is 20.3 Å². The zero-order chi connectivity index (χ0) is 13.9. The summed E-state index contributed by atoms with van der Waals surface area (Å²) in [5.74, 6) is -1.11. The summed E-state index contributed by atoms with van der Waals surface area (Å²) in [6.07, 6.45) is 0.515. The smallest absolute Gasteiger partial charge is 0.340 e. The van der Waals surface area contributed by atoms with Crippen LogP contribution in [0.2, 0.25) is 0 Å². The van der Waals surface area contributed by atoms with Crippen molar-refractivity contribution < 1.29 is 14.7 Å². The first kappa shape index (κ1) is 14.4. The highest BCUT2D eigenvalue weighted by molar-refractivity contribution is 8.00. The van der Waals surface area contributed by atoms with Gasteiger partial charge >= 0.3 is 5.97 Å². The quantitative estimate of drug-likeness (QED) is 0.613. The molecule has 0 bridgehead atoms. The van der Waals surface area contributed by atoms with Gasteiger partial charge in [-0.1, -0.05) is 18.7 Å². The molecule has 0 spiro atoms. The van der Waals surface area contributed by atoms with Gasteiger partial charge in [-0.3, -0.25) is 4.79 Å². The van der Waals surface area contributed by atoms with Crippen LogP contribution in [0.5, 0.6) is 0 Å². The van der Waals surface area contributed by atoms with E-state index in [1.807, 2.05) is 6.92 Å². The van der Waals surface area contributed by atoms with Crippen LogP contribution in [0.3, 0.4) is 0 Å². The Hall–Kier alpha value is -1.63. The van der Waals surface area contributed by atoms with Gasteiger partial charge in [0.05, 0.1) is 10.9 Å². The molecule has 1 amide bonds. The molecule has 6 nitrogen and oxygen atoms in total. The third-order valence-electron chi connectivity index (χ3n) is 2.32. The molecule has 0 saturated heterocycles. The number of nitrogens with two attached hydrogens (primary N) is 1. The van der Waals surface area contributed by atoms with Gasteiger partial charge in [0.25, 0.3) is 0 Å². The fourth-order valence-corrected chi connectivity index (χ4v) is 2.58. The van der Waals surface area contributed by atoms with E-state index in [-0.39, 0.29) is 10.6 Å². The number of carboxylic acids is 1. The van der Waals surface area contributed by atoms with Crippen LogP contribution in [0.25, 0.3) is 0 Å². The van der Waals surface area contributed by atoms with E-state index in [0.29, 0.717) is 17.9 Å². The molecule has 1 atom stereocenters. The molecule has 0 aliphatic rings. The lowest BCUT2D eigenvalue weighted by Gasteiger charge is -2.13. The molecule has 3 N–H and O–H groups in total. The number of nitrogens with zero attached hydrogens (tertiary/aromatic N) is 2. The topological polar surface area (TPSA) is 106 Å². The van der Waals surface area contributed by atoms with Crippen molar-refractivity contribution >= 4 is 23.6 Å². The number of hydrogen-bond donors (Lipinski definition) is 2. The van der Waals surface area contributed by atoms with Crippen molar-refractivity contribution in [3.05, 3.63) is 17.1 Å². The van der Waals surface area contributed by atoms with E-state index in [1.165, 1.54) is 0 Å². The van der Waals surface area contributed by atoms with Crippen molar-refractivity contribution in [1.29, 1.82) is 0 Å². The lowest BCUT2D eigenvalue weighted by Crippen LogP contribution is -2.25. The molecule has 0 aromatic carbocycles. The average molecular weight is 269 g/mol. The minimum absolute atomic E-state index is 0.0327. The zero-order valence-corrected chi connectivity index (χ0v) is 11.2. The van der Waals surface area contributed by atoms with Crippen molar-refractivity contribution in [2.75, 3.05) is 0 Å². The maximum Gasteiger partial charge on any atom is 0.340 e. The first-order valence-corrected chi connectivity index (χ1v) is 6.29. The van der Waals surface area contributed by atoms with Crippen molar-refractivity contribution in [3.8, 4) is 0 Å². The molecule has 1 heterocycles. The summed E-state index contributed by atoms with van der Waals surface area (Å²) >= 11 is 1.07. The van der Waals surface area contributed by atoms with Crippen LogP contribution in [-0.4, -0.2) is 32.2 Å². The van der Waals surface area contributed by atoms with Gasteiger partial charge in [0.15, 0.2) is 0 Å². The SMILES string of the molecule is CCC(Sc1nc(C)nc(C)c1C(=O)O)C(N)=O. The molecule has 0 aliphatic carbocycles. The molecule has 1 unspecified atom stereocenters. The molecule has 0 saturated carbocycles. The predicted octanol–water partition coefficient (Wildman–Crippen LogP) is 1.15. The standard InChI is InChI=1S/C11H15N3O3S/c1-4-7(9(12)15)18-10-8(11(16)17)5(2)13-6(3)14-10/h7H,4H2,1-3H3,(H2,12,15)(H,16,17). The molecule has 7 heteroatoms. The highest BCUT2D eigenvalue weighted by Crippen LogP contribution is 2.28. The minimum atomic E-state index is -1.10. The Labute approximate surface area is 109 Å². The second-order valence-electron chi connectivity index (χ2n) is 3.76. The fraction of sp³-hybridized carbons (Fsp3) is 0.455. The Morgan fingerprint density at radius 3 is 2.44 bits per heavy atom. The van der Waals surface area contributed by atoms with Crippen molar-refractivity contribution in [2.24, 2.45) is 5.73 Å². The van der Waals surface area contributed by atoms with Crippen LogP contribution < -0.4 is 5.73 Å². The number of rotatable bonds is 5. The van der Waals surface area contributed by atoms with Gasteiger partial charge in [0.2, 0.25) is 5.91 Å². The number of carbonyl (C=O) groups excluding carboxylic acids is 1. The number of aromatic nitrogens is 2. The van der Waals surface area contributed by atoms with Gasteiger partial charge in [-0.2, -0.15) is 0 Å². The summed E-state index contributed by atoms with van der Waals surface area (Å²) in [6.45, 7) is 5.09. The van der Waals surface area contributed by atoms with Gasteiger partial charge in [-0.25, -0.2) is 14.8 Å². The van der Waals surface area contributed by atoms with Crippen LogP contribution in [0.15, 0.2) is 5.03 Å². The Balaban J connectivity index is 3.22. The van der Waals surface area contributed by atoms with Gasteiger partial charge < -0.3 is 10.8 Å². The summed E-state index contributed by atoms with van der Waals surface area (Å²) < 4.78 is 0. The van der Waals surface area contributed by atoms with E-state index in [1.54, 1.807) is 13.8 Å². The molecule has 0 radical (unpaired) electrons. The number of carboxylic acid groups (broad SMARTS) is 1. The molecular formula is C11H15N3O3S. The molecule has 1 aromatic heterocycles. The van der Waals surface area contributed by atoms with E-state index in [9.17, 15) is 9.59 Å². The fourth-order valence-electron chi connectivity index (χ4n) is 1.49. The zero-order valence-electron chi connectivity index (χ0n) is 10.4. The van der Waals surface area contributed by atoms with Crippen LogP contribution >= 0.6 is 11.8 Å². The highest BCUT2D eigenvalue weighted by Gasteiger charge is 2.22. The van der Waals surface area contributed by atoms with Crippen molar-refractivity contribution in [2.45, 2.75) is 37.5 Å². The first-order valence-electron chi connectivity index (χ1n) is 5.41. The van der Waals surface area contributed by atoms with E-state index in [2.05, 4.69) is 9.97 Å². The Bertz CT molecular complexity index is 491. The molecule has 1 aromatic rings.